The highest BCUT2D eigenvalue weighted by atomic mass is 19.1. The molecule has 0 heterocycles. The topological polar surface area (TPSA) is 38.0 Å². The third-order valence-corrected chi connectivity index (χ3v) is 3.71. The Morgan fingerprint density at radius 1 is 1.15 bits per heavy atom. The van der Waals surface area contributed by atoms with Gasteiger partial charge in [0.05, 0.1) is 6.04 Å². The molecule has 0 aromatic heterocycles. The van der Waals surface area contributed by atoms with Crippen LogP contribution in [0.15, 0.2) is 12.1 Å². The lowest BCUT2D eigenvalue weighted by molar-refractivity contribution is 0.342. The third kappa shape index (κ3) is 4.49. The highest BCUT2D eigenvalue weighted by molar-refractivity contribution is 5.24. The van der Waals surface area contributed by atoms with Crippen molar-refractivity contribution in [3.8, 4) is 0 Å². The van der Waals surface area contributed by atoms with Crippen LogP contribution >= 0.6 is 0 Å². The standard InChI is InChI=1S/C15H23F3N2/c1-3-5-6-10(4-2)7-14(20-19)15-12(17)8-11(16)9-13(15)18/h8-10,14,20H,3-7,19H2,1-2H3. The van der Waals surface area contributed by atoms with Gasteiger partial charge in [0.2, 0.25) is 0 Å². The van der Waals surface area contributed by atoms with Crippen LogP contribution in [0.25, 0.3) is 0 Å². The molecule has 1 aromatic rings. The molecule has 2 atom stereocenters. The Bertz CT molecular complexity index is 401. The van der Waals surface area contributed by atoms with Crippen LogP contribution in [-0.2, 0) is 0 Å². The summed E-state index contributed by atoms with van der Waals surface area (Å²) >= 11 is 0. The van der Waals surface area contributed by atoms with Crippen molar-refractivity contribution < 1.29 is 13.2 Å². The Balaban J connectivity index is 2.90. The van der Waals surface area contributed by atoms with Crippen molar-refractivity contribution in [1.29, 1.82) is 0 Å². The number of nitrogens with two attached hydrogens (primary N) is 1. The molecule has 0 aliphatic rings. The number of benzene rings is 1. The Morgan fingerprint density at radius 2 is 1.75 bits per heavy atom. The van der Waals surface area contributed by atoms with E-state index in [-0.39, 0.29) is 5.56 Å². The first-order chi connectivity index (χ1) is 9.53. The monoisotopic (exact) mass is 288 g/mol. The van der Waals surface area contributed by atoms with Gasteiger partial charge in [-0.15, -0.1) is 0 Å². The van der Waals surface area contributed by atoms with Crippen molar-refractivity contribution >= 4 is 0 Å². The smallest absolute Gasteiger partial charge is 0.133 e. The number of nitrogens with one attached hydrogen (secondary N) is 1. The fourth-order valence-corrected chi connectivity index (χ4v) is 2.47. The molecule has 0 spiro atoms. The fourth-order valence-electron chi connectivity index (χ4n) is 2.47. The van der Waals surface area contributed by atoms with Gasteiger partial charge in [-0.2, -0.15) is 0 Å². The predicted octanol–water partition coefficient (Wildman–Crippen LogP) is 4.21. The normalized spacial score (nSPS) is 14.3. The summed E-state index contributed by atoms with van der Waals surface area (Å²) in [6.07, 6.45) is 4.60. The molecule has 1 rings (SSSR count). The number of hydrogen-bond donors (Lipinski definition) is 2. The molecule has 0 saturated heterocycles. The van der Waals surface area contributed by atoms with Crippen LogP contribution in [0.4, 0.5) is 13.2 Å². The van der Waals surface area contributed by atoms with E-state index in [9.17, 15) is 13.2 Å². The summed E-state index contributed by atoms with van der Waals surface area (Å²) in [4.78, 5) is 0. The van der Waals surface area contributed by atoms with Gasteiger partial charge < -0.3 is 0 Å². The van der Waals surface area contributed by atoms with Crippen LogP contribution in [0.5, 0.6) is 0 Å². The lowest BCUT2D eigenvalue weighted by atomic mass is 9.89. The first-order valence-corrected chi connectivity index (χ1v) is 7.13. The van der Waals surface area contributed by atoms with Gasteiger partial charge in [-0.25, -0.2) is 13.2 Å². The van der Waals surface area contributed by atoms with Crippen molar-refractivity contribution in [2.24, 2.45) is 11.8 Å². The third-order valence-electron chi connectivity index (χ3n) is 3.71. The number of rotatable bonds is 8. The molecule has 0 aliphatic heterocycles. The molecule has 20 heavy (non-hydrogen) atoms. The molecule has 0 radical (unpaired) electrons. The van der Waals surface area contributed by atoms with Crippen LogP contribution in [0, 0.1) is 23.4 Å². The van der Waals surface area contributed by atoms with Gasteiger partial charge in [-0.1, -0.05) is 39.5 Å². The van der Waals surface area contributed by atoms with Gasteiger partial charge in [0.25, 0.3) is 0 Å². The molecule has 0 bridgehead atoms. The van der Waals surface area contributed by atoms with Crippen LogP contribution in [-0.4, -0.2) is 0 Å². The molecular weight excluding hydrogens is 265 g/mol. The summed E-state index contributed by atoms with van der Waals surface area (Å²) in [5.74, 6) is 3.06. The van der Waals surface area contributed by atoms with Crippen LogP contribution in [0.1, 0.15) is 57.6 Å². The highest BCUT2D eigenvalue weighted by Crippen LogP contribution is 2.29. The Morgan fingerprint density at radius 3 is 2.20 bits per heavy atom. The number of hydrogen-bond acceptors (Lipinski definition) is 2. The minimum Gasteiger partial charge on any atom is -0.271 e. The average molecular weight is 288 g/mol. The second-order valence-corrected chi connectivity index (χ2v) is 5.15. The maximum atomic E-state index is 13.8. The van der Waals surface area contributed by atoms with Gasteiger partial charge in [-0.3, -0.25) is 11.3 Å². The van der Waals surface area contributed by atoms with Gasteiger partial charge >= 0.3 is 0 Å². The lowest BCUT2D eigenvalue weighted by Crippen LogP contribution is -2.31. The van der Waals surface area contributed by atoms with Gasteiger partial charge in [0.1, 0.15) is 17.5 Å². The van der Waals surface area contributed by atoms with Crippen molar-refractivity contribution in [1.82, 2.24) is 5.43 Å². The SMILES string of the molecule is CCCCC(CC)CC(NN)c1c(F)cc(F)cc1F. The molecule has 1 aromatic carbocycles. The maximum Gasteiger partial charge on any atom is 0.133 e. The van der Waals surface area contributed by atoms with Crippen LogP contribution < -0.4 is 11.3 Å². The molecule has 5 heteroatoms. The van der Waals surface area contributed by atoms with Crippen molar-refractivity contribution in [3.63, 3.8) is 0 Å². The van der Waals surface area contributed by atoms with Gasteiger partial charge in [0, 0.05) is 17.7 Å². The van der Waals surface area contributed by atoms with Crippen molar-refractivity contribution in [2.75, 3.05) is 0 Å². The Hall–Kier alpha value is -1.07. The zero-order valence-electron chi connectivity index (χ0n) is 12.1. The zero-order valence-corrected chi connectivity index (χ0v) is 12.1. The van der Waals surface area contributed by atoms with E-state index in [0.717, 1.165) is 25.7 Å². The van der Waals surface area contributed by atoms with E-state index in [4.69, 9.17) is 5.84 Å². The van der Waals surface area contributed by atoms with Gasteiger partial charge in [0.15, 0.2) is 0 Å². The molecular formula is C15H23F3N2. The van der Waals surface area contributed by atoms with E-state index in [1.807, 2.05) is 6.92 Å². The molecule has 0 amide bonds. The zero-order chi connectivity index (χ0) is 15.1. The molecule has 114 valence electrons. The largest absolute Gasteiger partial charge is 0.271 e. The first kappa shape index (κ1) is 17.0. The van der Waals surface area contributed by atoms with Crippen molar-refractivity contribution in [2.45, 2.75) is 52.0 Å². The quantitative estimate of drug-likeness (QED) is 0.555. The lowest BCUT2D eigenvalue weighted by Gasteiger charge is -2.23. The van der Waals surface area contributed by atoms with E-state index in [1.54, 1.807) is 0 Å². The van der Waals surface area contributed by atoms with Crippen molar-refractivity contribution in [3.05, 3.63) is 35.1 Å². The molecule has 0 saturated carbocycles. The summed E-state index contributed by atoms with van der Waals surface area (Å²) in [6, 6.07) is 0.739. The summed E-state index contributed by atoms with van der Waals surface area (Å²) in [5, 5.41) is 0. The Kier molecular flexibility index (Phi) is 7.02. The highest BCUT2D eigenvalue weighted by Gasteiger charge is 2.23. The van der Waals surface area contributed by atoms with Gasteiger partial charge in [-0.05, 0) is 12.3 Å². The van der Waals surface area contributed by atoms with E-state index < -0.39 is 23.5 Å². The minimum absolute atomic E-state index is 0.177. The van der Waals surface area contributed by atoms with E-state index in [0.29, 0.717) is 24.5 Å². The van der Waals surface area contributed by atoms with E-state index in [1.165, 1.54) is 0 Å². The summed E-state index contributed by atoms with van der Waals surface area (Å²) in [5.41, 5.74) is 2.28. The van der Waals surface area contributed by atoms with E-state index >= 15 is 0 Å². The molecule has 0 fully saturated rings. The summed E-state index contributed by atoms with van der Waals surface area (Å²) in [7, 11) is 0. The van der Waals surface area contributed by atoms with Crippen LogP contribution in [0.3, 0.4) is 0 Å². The van der Waals surface area contributed by atoms with Crippen LogP contribution in [0.2, 0.25) is 0 Å². The maximum absolute atomic E-state index is 13.8. The number of hydrazine groups is 1. The Labute approximate surface area is 118 Å². The molecule has 0 aliphatic carbocycles. The average Bonchev–Trinajstić information content (AvgIpc) is 2.40. The number of halogens is 3. The summed E-state index contributed by atoms with van der Waals surface area (Å²) < 4.78 is 40.5. The second kappa shape index (κ2) is 8.27. The molecule has 2 nitrogen and oxygen atoms in total. The first-order valence-electron chi connectivity index (χ1n) is 7.13. The molecule has 2 unspecified atom stereocenters. The predicted molar refractivity (Wildman–Crippen MR) is 74.3 cm³/mol. The minimum atomic E-state index is -0.919. The van der Waals surface area contributed by atoms with E-state index in [2.05, 4.69) is 12.3 Å². The molecule has 3 N–H and O–H groups in total. The fraction of sp³-hybridized carbons (Fsp3) is 0.600. The summed E-state index contributed by atoms with van der Waals surface area (Å²) in [6.45, 7) is 4.15. The number of unbranched alkanes of at least 4 members (excludes halogenated alkanes) is 1. The second-order valence-electron chi connectivity index (χ2n) is 5.15.